The summed E-state index contributed by atoms with van der Waals surface area (Å²) >= 11 is 0. The molecular weight excluding hydrogens is 461 g/mol. The van der Waals surface area contributed by atoms with Gasteiger partial charge in [0.15, 0.2) is 0 Å². The first-order valence-electron chi connectivity index (χ1n) is 12.1. The van der Waals surface area contributed by atoms with Crippen LogP contribution in [0.4, 0.5) is 10.1 Å². The van der Waals surface area contributed by atoms with Crippen molar-refractivity contribution in [1.29, 1.82) is 0 Å². The number of benzene rings is 1. The second-order valence-corrected chi connectivity index (χ2v) is 9.55. The van der Waals surface area contributed by atoms with Crippen LogP contribution in [-0.4, -0.2) is 48.4 Å². The van der Waals surface area contributed by atoms with Crippen molar-refractivity contribution >= 4 is 11.6 Å². The lowest BCUT2D eigenvalue weighted by atomic mass is 10.1. The van der Waals surface area contributed by atoms with E-state index in [2.05, 4.69) is 25.5 Å². The number of hydrogen-bond acceptors (Lipinski definition) is 6. The number of imidazole rings is 1. The first kappa shape index (κ1) is 22.5. The second-order valence-electron chi connectivity index (χ2n) is 9.55. The molecule has 1 aliphatic heterocycles. The molecule has 1 aliphatic carbocycles. The number of anilines is 1. The van der Waals surface area contributed by atoms with E-state index in [1.807, 2.05) is 28.3 Å². The number of carbonyl (C=O) groups excluding carboxylic acids is 1. The predicted octanol–water partition coefficient (Wildman–Crippen LogP) is 3.67. The number of halogens is 1. The van der Waals surface area contributed by atoms with E-state index in [1.165, 1.54) is 6.07 Å². The summed E-state index contributed by atoms with van der Waals surface area (Å²) in [5.74, 6) is 0.763. The Kier molecular flexibility index (Phi) is 5.80. The SMILES string of the molecule is Cc1cc(F)c(NC(=O)c2cccc(Cc3nncn3CC3COC3)n2)cc1-n1cnc(C2CC2)c1. The van der Waals surface area contributed by atoms with Gasteiger partial charge in [-0.05, 0) is 49.6 Å². The van der Waals surface area contributed by atoms with Crippen LogP contribution in [0.2, 0.25) is 0 Å². The maximum Gasteiger partial charge on any atom is 0.274 e. The number of rotatable bonds is 8. The van der Waals surface area contributed by atoms with Crippen molar-refractivity contribution in [3.05, 3.63) is 83.5 Å². The Morgan fingerprint density at radius 1 is 1.22 bits per heavy atom. The number of hydrogen-bond donors (Lipinski definition) is 1. The summed E-state index contributed by atoms with van der Waals surface area (Å²) in [6.45, 7) is 4.11. The lowest BCUT2D eigenvalue weighted by Crippen LogP contribution is -2.31. The lowest BCUT2D eigenvalue weighted by Gasteiger charge is -2.26. The minimum atomic E-state index is -0.503. The van der Waals surface area contributed by atoms with E-state index in [0.29, 0.717) is 24.0 Å². The highest BCUT2D eigenvalue weighted by atomic mass is 19.1. The Bertz CT molecular complexity index is 1420. The molecule has 0 atom stereocenters. The predicted molar refractivity (Wildman–Crippen MR) is 130 cm³/mol. The number of ether oxygens (including phenoxy) is 1. The summed E-state index contributed by atoms with van der Waals surface area (Å²) in [5, 5.41) is 10.9. The highest BCUT2D eigenvalue weighted by molar-refractivity contribution is 6.03. The molecule has 4 aromatic rings. The van der Waals surface area contributed by atoms with Gasteiger partial charge >= 0.3 is 0 Å². The van der Waals surface area contributed by atoms with Crippen LogP contribution in [0.3, 0.4) is 0 Å². The molecule has 6 rings (SSSR count). The number of nitrogens with one attached hydrogen (secondary N) is 1. The number of aryl methyl sites for hydroxylation is 1. The third-order valence-corrected chi connectivity index (χ3v) is 6.65. The smallest absolute Gasteiger partial charge is 0.274 e. The highest BCUT2D eigenvalue weighted by Crippen LogP contribution is 2.39. The van der Waals surface area contributed by atoms with E-state index in [-0.39, 0.29) is 11.4 Å². The Balaban J connectivity index is 1.19. The van der Waals surface area contributed by atoms with Crippen molar-refractivity contribution in [2.45, 2.75) is 38.6 Å². The van der Waals surface area contributed by atoms with Gasteiger partial charge in [-0.2, -0.15) is 0 Å². The van der Waals surface area contributed by atoms with Crippen LogP contribution in [0.5, 0.6) is 0 Å². The Morgan fingerprint density at radius 2 is 2.08 bits per heavy atom. The summed E-state index contributed by atoms with van der Waals surface area (Å²) in [6, 6.07) is 8.27. The number of carbonyl (C=O) groups is 1. The molecule has 0 spiro atoms. The maximum absolute atomic E-state index is 14.8. The molecule has 9 nitrogen and oxygen atoms in total. The summed E-state index contributed by atoms with van der Waals surface area (Å²) in [4.78, 5) is 22.0. The Morgan fingerprint density at radius 3 is 2.86 bits per heavy atom. The standard InChI is InChI=1S/C26H26FN7O2/c1-16-7-20(27)22(9-24(16)33-11-23(28-14-33)18-5-6-18)31-26(35)21-4-2-3-19(30-21)8-25-32-29-15-34(25)10-17-12-36-13-17/h2-4,7,9,11,14-15,17-18H,5-6,8,10,12-13H2,1H3,(H,31,35). The summed E-state index contributed by atoms with van der Waals surface area (Å²) in [6.07, 6.45) is 8.16. The van der Waals surface area contributed by atoms with Crippen LogP contribution >= 0.6 is 0 Å². The normalized spacial score (nSPS) is 15.6. The molecule has 1 aromatic carbocycles. The van der Waals surface area contributed by atoms with Crippen molar-refractivity contribution in [3.8, 4) is 5.69 Å². The summed E-state index contributed by atoms with van der Waals surface area (Å²) < 4.78 is 23.9. The topological polar surface area (TPSA) is 99.8 Å². The molecule has 0 radical (unpaired) electrons. The quantitative estimate of drug-likeness (QED) is 0.407. The number of nitrogens with zero attached hydrogens (tertiary/aromatic N) is 6. The van der Waals surface area contributed by atoms with Crippen LogP contribution in [0.15, 0.2) is 49.2 Å². The van der Waals surface area contributed by atoms with Gasteiger partial charge in [-0.25, -0.2) is 14.4 Å². The van der Waals surface area contributed by atoms with E-state index in [9.17, 15) is 9.18 Å². The molecule has 0 bridgehead atoms. The highest BCUT2D eigenvalue weighted by Gasteiger charge is 2.26. The zero-order chi connectivity index (χ0) is 24.6. The molecular formula is C26H26FN7O2. The van der Waals surface area contributed by atoms with Crippen LogP contribution in [0.1, 0.15) is 52.0 Å². The molecule has 3 aromatic heterocycles. The molecule has 2 aliphatic rings. The fraction of sp³-hybridized carbons (Fsp3) is 0.346. The van der Waals surface area contributed by atoms with Crippen molar-refractivity contribution in [1.82, 2.24) is 29.3 Å². The van der Waals surface area contributed by atoms with Crippen LogP contribution in [0.25, 0.3) is 5.69 Å². The van der Waals surface area contributed by atoms with E-state index < -0.39 is 11.7 Å². The first-order valence-corrected chi connectivity index (χ1v) is 12.1. The largest absolute Gasteiger partial charge is 0.381 e. The fourth-order valence-corrected chi connectivity index (χ4v) is 4.38. The number of aromatic nitrogens is 6. The third kappa shape index (κ3) is 4.64. The van der Waals surface area contributed by atoms with Gasteiger partial charge in [0.25, 0.3) is 5.91 Å². The third-order valence-electron chi connectivity index (χ3n) is 6.65. The van der Waals surface area contributed by atoms with Crippen LogP contribution in [-0.2, 0) is 17.7 Å². The fourth-order valence-electron chi connectivity index (χ4n) is 4.38. The lowest BCUT2D eigenvalue weighted by molar-refractivity contribution is -0.0397. The molecule has 0 unspecified atom stereocenters. The van der Waals surface area contributed by atoms with Crippen molar-refractivity contribution in [2.75, 3.05) is 18.5 Å². The summed E-state index contributed by atoms with van der Waals surface area (Å²) in [5.41, 5.74) is 3.54. The molecule has 10 heteroatoms. The van der Waals surface area contributed by atoms with E-state index in [0.717, 1.165) is 55.4 Å². The molecule has 1 saturated carbocycles. The average molecular weight is 488 g/mol. The van der Waals surface area contributed by atoms with Crippen LogP contribution < -0.4 is 5.32 Å². The zero-order valence-corrected chi connectivity index (χ0v) is 19.9. The number of pyridine rings is 1. The first-order chi connectivity index (χ1) is 17.5. The Hall–Kier alpha value is -3.92. The van der Waals surface area contributed by atoms with Gasteiger partial charge in [-0.1, -0.05) is 6.07 Å². The van der Waals surface area contributed by atoms with Gasteiger partial charge in [-0.3, -0.25) is 4.79 Å². The number of amides is 1. The van der Waals surface area contributed by atoms with E-state index in [1.54, 1.807) is 30.9 Å². The van der Waals surface area contributed by atoms with Gasteiger partial charge in [0.2, 0.25) is 0 Å². The molecule has 1 amide bonds. The van der Waals surface area contributed by atoms with Crippen molar-refractivity contribution in [2.24, 2.45) is 5.92 Å². The van der Waals surface area contributed by atoms with E-state index in [4.69, 9.17) is 4.74 Å². The van der Waals surface area contributed by atoms with Gasteiger partial charge in [-0.15, -0.1) is 10.2 Å². The van der Waals surface area contributed by atoms with Gasteiger partial charge in [0, 0.05) is 30.3 Å². The van der Waals surface area contributed by atoms with Crippen molar-refractivity contribution < 1.29 is 13.9 Å². The van der Waals surface area contributed by atoms with Gasteiger partial charge in [0.05, 0.1) is 43.0 Å². The maximum atomic E-state index is 14.8. The molecule has 184 valence electrons. The molecule has 1 saturated heterocycles. The van der Waals surface area contributed by atoms with Gasteiger partial charge < -0.3 is 19.2 Å². The monoisotopic (exact) mass is 487 g/mol. The van der Waals surface area contributed by atoms with Crippen LogP contribution in [0, 0.1) is 18.7 Å². The molecule has 4 heterocycles. The second kappa shape index (κ2) is 9.27. The Labute approximate surface area is 207 Å². The van der Waals surface area contributed by atoms with Crippen molar-refractivity contribution in [3.63, 3.8) is 0 Å². The average Bonchev–Trinajstić information content (AvgIpc) is 3.41. The molecule has 36 heavy (non-hydrogen) atoms. The zero-order valence-electron chi connectivity index (χ0n) is 19.9. The van der Waals surface area contributed by atoms with Gasteiger partial charge in [0.1, 0.15) is 23.7 Å². The summed E-state index contributed by atoms with van der Waals surface area (Å²) in [7, 11) is 0. The molecule has 1 N–H and O–H groups in total. The molecule has 2 fully saturated rings. The minimum absolute atomic E-state index is 0.0944. The van der Waals surface area contributed by atoms with E-state index >= 15 is 0 Å². The minimum Gasteiger partial charge on any atom is -0.381 e.